The number of carbonyl (C=O) groups excluding carboxylic acids is 2. The molecule has 39 heavy (non-hydrogen) atoms. The first-order valence-electron chi connectivity index (χ1n) is 13.9. The number of hydrogen-bond acceptors (Lipinski definition) is 4. The highest BCUT2D eigenvalue weighted by atomic mass is 35.5. The molecular weight excluding hydrogens is 549 g/mol. The van der Waals surface area contributed by atoms with Gasteiger partial charge in [0.05, 0.1) is 37.6 Å². The monoisotopic (exact) mass is 589 g/mol. The average molecular weight is 591 g/mol. The summed E-state index contributed by atoms with van der Waals surface area (Å²) in [6.07, 6.45) is 1.61. The van der Waals surface area contributed by atoms with E-state index in [1.165, 1.54) is 11.1 Å². The highest BCUT2D eigenvalue weighted by Crippen LogP contribution is 2.51. The zero-order valence-electron chi connectivity index (χ0n) is 24.1. The Morgan fingerprint density at radius 1 is 1.05 bits per heavy atom. The minimum atomic E-state index is -2.06. The Hall–Kier alpha value is -1.86. The number of carbonyl (C=O) groups is 2. The zero-order valence-corrected chi connectivity index (χ0v) is 26.7. The van der Waals surface area contributed by atoms with Crippen LogP contribution in [0.2, 0.25) is 28.2 Å². The lowest BCUT2D eigenvalue weighted by Crippen LogP contribution is -2.52. The second-order valence-electron chi connectivity index (χ2n) is 12.4. The summed E-state index contributed by atoms with van der Waals surface area (Å²) < 4.78 is 12.0. The van der Waals surface area contributed by atoms with Crippen LogP contribution in [0, 0.1) is 5.92 Å². The molecule has 8 heteroatoms. The third kappa shape index (κ3) is 6.24. The molecule has 2 aromatic rings. The fourth-order valence-electron chi connectivity index (χ4n) is 5.47. The molecule has 1 amide bonds. The number of hydrogen-bond donors (Lipinski definition) is 0. The SMILES string of the molecule is CCOC(=O)[C@@H]1C[C@@H]1c1cccc2c1C[C@H](CO[Si](C)(C)C(C)(C)C)N(C(=O)Cc1c(Cl)cccc1Cl)[C@H]2C. The van der Waals surface area contributed by atoms with Crippen LogP contribution in [0.5, 0.6) is 0 Å². The number of amides is 1. The fraction of sp³-hybridized carbons (Fsp3) is 0.548. The third-order valence-electron chi connectivity index (χ3n) is 8.85. The van der Waals surface area contributed by atoms with Crippen molar-refractivity contribution in [1.29, 1.82) is 0 Å². The van der Waals surface area contributed by atoms with E-state index in [9.17, 15) is 9.59 Å². The van der Waals surface area contributed by atoms with E-state index < -0.39 is 8.32 Å². The summed E-state index contributed by atoms with van der Waals surface area (Å²) in [5.41, 5.74) is 4.22. The van der Waals surface area contributed by atoms with E-state index in [0.29, 0.717) is 35.2 Å². The molecule has 2 aromatic carbocycles. The Labute approximate surface area is 244 Å². The largest absolute Gasteiger partial charge is 0.466 e. The second kappa shape index (κ2) is 11.6. The van der Waals surface area contributed by atoms with E-state index in [-0.39, 0.29) is 47.3 Å². The van der Waals surface area contributed by atoms with Crippen molar-refractivity contribution in [2.24, 2.45) is 5.92 Å². The summed E-state index contributed by atoms with van der Waals surface area (Å²) in [5.74, 6) is -0.0588. The molecule has 0 radical (unpaired) electrons. The average Bonchev–Trinajstić information content (AvgIpc) is 3.65. The highest BCUT2D eigenvalue weighted by molar-refractivity contribution is 6.74. The molecule has 0 unspecified atom stereocenters. The molecule has 4 rings (SSSR count). The quantitative estimate of drug-likeness (QED) is 0.233. The first-order valence-corrected chi connectivity index (χ1v) is 17.6. The number of benzene rings is 2. The minimum Gasteiger partial charge on any atom is -0.466 e. The van der Waals surface area contributed by atoms with Gasteiger partial charge in [-0.25, -0.2) is 0 Å². The van der Waals surface area contributed by atoms with Gasteiger partial charge >= 0.3 is 5.97 Å². The van der Waals surface area contributed by atoms with Crippen molar-refractivity contribution in [2.75, 3.05) is 13.2 Å². The lowest BCUT2D eigenvalue weighted by atomic mass is 9.84. The second-order valence-corrected chi connectivity index (χ2v) is 18.0. The van der Waals surface area contributed by atoms with Gasteiger partial charge in [-0.15, -0.1) is 0 Å². The maximum atomic E-state index is 14.0. The maximum Gasteiger partial charge on any atom is 0.309 e. The molecule has 212 valence electrons. The lowest BCUT2D eigenvalue weighted by molar-refractivity contribution is -0.144. The van der Waals surface area contributed by atoms with Crippen LogP contribution in [0.25, 0.3) is 0 Å². The number of halogens is 2. The van der Waals surface area contributed by atoms with Crippen molar-refractivity contribution < 1.29 is 18.8 Å². The Balaban J connectivity index is 1.68. The number of fused-ring (bicyclic) bond motifs is 1. The Kier molecular flexibility index (Phi) is 8.92. The van der Waals surface area contributed by atoms with Gasteiger partial charge in [-0.05, 0) is 85.1 Å². The molecule has 0 saturated heterocycles. The van der Waals surface area contributed by atoms with E-state index in [1.807, 2.05) is 17.9 Å². The zero-order chi connectivity index (χ0) is 28.7. The van der Waals surface area contributed by atoms with Crippen molar-refractivity contribution in [2.45, 2.75) is 90.0 Å². The molecule has 0 bridgehead atoms. The van der Waals surface area contributed by atoms with Gasteiger partial charge in [-0.1, -0.05) is 68.2 Å². The van der Waals surface area contributed by atoms with Crippen molar-refractivity contribution in [3.63, 3.8) is 0 Å². The first-order chi connectivity index (χ1) is 18.3. The van der Waals surface area contributed by atoms with Crippen LogP contribution in [-0.2, 0) is 31.6 Å². The van der Waals surface area contributed by atoms with Crippen LogP contribution in [0.3, 0.4) is 0 Å². The standard InChI is InChI=1S/C31H41Cl2NO4Si/c1-8-37-30(36)25-16-24(25)22-12-9-11-21-19(2)34(29(35)17-26-27(32)13-10-14-28(26)33)20(15-23(21)22)18-38-39(6,7)31(3,4)5/h9-14,19-20,24-25H,8,15-18H2,1-7H3/t19-,20+,24+,25+/m0/s1. The van der Waals surface area contributed by atoms with Crippen LogP contribution in [0.4, 0.5) is 0 Å². The minimum absolute atomic E-state index is 0.0202. The molecule has 1 aliphatic heterocycles. The maximum absolute atomic E-state index is 14.0. The van der Waals surface area contributed by atoms with E-state index in [2.05, 4.69) is 52.9 Å². The van der Waals surface area contributed by atoms with E-state index in [0.717, 1.165) is 12.0 Å². The molecule has 0 N–H and O–H groups in total. The summed E-state index contributed by atoms with van der Waals surface area (Å²) >= 11 is 12.9. The fourth-order valence-corrected chi connectivity index (χ4v) is 7.04. The summed E-state index contributed by atoms with van der Waals surface area (Å²) in [6.45, 7) is 15.9. The van der Waals surface area contributed by atoms with Gasteiger partial charge in [0, 0.05) is 10.0 Å². The predicted octanol–water partition coefficient (Wildman–Crippen LogP) is 7.74. The number of rotatable bonds is 8. The number of nitrogens with zero attached hydrogens (tertiary/aromatic N) is 1. The molecule has 2 aliphatic rings. The van der Waals surface area contributed by atoms with Crippen LogP contribution in [0.1, 0.15) is 75.3 Å². The topological polar surface area (TPSA) is 55.8 Å². The molecular formula is C31H41Cl2NO4Si. The van der Waals surface area contributed by atoms with Gasteiger partial charge in [-0.2, -0.15) is 0 Å². The van der Waals surface area contributed by atoms with Crippen molar-refractivity contribution in [3.8, 4) is 0 Å². The normalized spacial score (nSPS) is 22.8. The molecule has 1 fully saturated rings. The van der Waals surface area contributed by atoms with Crippen LogP contribution in [-0.4, -0.2) is 44.3 Å². The molecule has 4 atom stereocenters. The molecule has 1 heterocycles. The Morgan fingerprint density at radius 2 is 1.67 bits per heavy atom. The van der Waals surface area contributed by atoms with Crippen molar-refractivity contribution >= 4 is 43.4 Å². The Bertz CT molecular complexity index is 1220. The van der Waals surface area contributed by atoms with Gasteiger partial charge < -0.3 is 14.1 Å². The molecule has 0 spiro atoms. The van der Waals surface area contributed by atoms with Crippen molar-refractivity contribution in [1.82, 2.24) is 4.90 Å². The van der Waals surface area contributed by atoms with Gasteiger partial charge in [0.1, 0.15) is 0 Å². The molecule has 5 nitrogen and oxygen atoms in total. The van der Waals surface area contributed by atoms with Gasteiger partial charge in [0.25, 0.3) is 0 Å². The molecule has 1 aliphatic carbocycles. The number of ether oxygens (including phenoxy) is 1. The van der Waals surface area contributed by atoms with Crippen LogP contribution < -0.4 is 0 Å². The third-order valence-corrected chi connectivity index (χ3v) is 14.1. The Morgan fingerprint density at radius 3 is 2.28 bits per heavy atom. The van der Waals surface area contributed by atoms with Crippen molar-refractivity contribution in [3.05, 3.63) is 68.7 Å². The van der Waals surface area contributed by atoms with E-state index >= 15 is 0 Å². The predicted molar refractivity (Wildman–Crippen MR) is 160 cm³/mol. The summed E-state index contributed by atoms with van der Waals surface area (Å²) in [5, 5.41) is 1.05. The van der Waals surface area contributed by atoms with Gasteiger partial charge in [0.15, 0.2) is 8.32 Å². The molecule has 1 saturated carbocycles. The number of esters is 1. The molecule has 0 aromatic heterocycles. The van der Waals surface area contributed by atoms with E-state index in [4.69, 9.17) is 32.4 Å². The van der Waals surface area contributed by atoms with Gasteiger partial charge in [-0.3, -0.25) is 9.59 Å². The lowest BCUT2D eigenvalue weighted by Gasteiger charge is -2.45. The van der Waals surface area contributed by atoms with Gasteiger partial charge in [0.2, 0.25) is 5.91 Å². The highest BCUT2D eigenvalue weighted by Gasteiger charge is 2.48. The van der Waals surface area contributed by atoms with E-state index in [1.54, 1.807) is 18.2 Å². The summed E-state index contributed by atoms with van der Waals surface area (Å²) in [7, 11) is -2.06. The summed E-state index contributed by atoms with van der Waals surface area (Å²) in [6, 6.07) is 11.3. The first kappa shape index (κ1) is 30.1. The van der Waals surface area contributed by atoms with Crippen LogP contribution >= 0.6 is 23.2 Å². The van der Waals surface area contributed by atoms with Crippen LogP contribution in [0.15, 0.2) is 36.4 Å². The smallest absolute Gasteiger partial charge is 0.309 e. The summed E-state index contributed by atoms with van der Waals surface area (Å²) in [4.78, 5) is 28.4.